The van der Waals surface area contributed by atoms with Gasteiger partial charge in [0.1, 0.15) is 11.8 Å². The smallest absolute Gasteiger partial charge is 0.326 e. The minimum absolute atomic E-state index is 0.186. The van der Waals surface area contributed by atoms with Gasteiger partial charge in [0.25, 0.3) is 5.91 Å². The summed E-state index contributed by atoms with van der Waals surface area (Å²) in [6.07, 6.45) is 1.35. The third-order valence-electron chi connectivity index (χ3n) is 5.37. The molecule has 3 aromatic carbocycles. The van der Waals surface area contributed by atoms with Gasteiger partial charge in [-0.25, -0.2) is 4.79 Å². The molecule has 5 heteroatoms. The van der Waals surface area contributed by atoms with E-state index in [2.05, 4.69) is 5.32 Å². The number of fused-ring (bicyclic) bond motifs is 1. The molecule has 156 valence electrons. The van der Waals surface area contributed by atoms with Gasteiger partial charge in [0, 0.05) is 11.8 Å². The van der Waals surface area contributed by atoms with Crippen LogP contribution in [0.3, 0.4) is 0 Å². The van der Waals surface area contributed by atoms with Crippen LogP contribution < -0.4 is 10.1 Å². The summed E-state index contributed by atoms with van der Waals surface area (Å²) >= 11 is 0. The second kappa shape index (κ2) is 9.92. The molecule has 2 N–H and O–H groups in total. The van der Waals surface area contributed by atoms with E-state index in [1.165, 1.54) is 0 Å². The molecule has 0 aliphatic heterocycles. The van der Waals surface area contributed by atoms with Crippen molar-refractivity contribution < 1.29 is 19.4 Å². The van der Waals surface area contributed by atoms with Crippen molar-refractivity contribution in [3.63, 3.8) is 0 Å². The van der Waals surface area contributed by atoms with Crippen LogP contribution in [0.5, 0.6) is 5.75 Å². The molecule has 0 aliphatic carbocycles. The maximum absolute atomic E-state index is 13.0. The summed E-state index contributed by atoms with van der Waals surface area (Å²) in [5, 5.41) is 14.0. The van der Waals surface area contributed by atoms with Crippen LogP contribution in [0.25, 0.3) is 10.8 Å². The molecule has 0 unspecified atom stereocenters. The lowest BCUT2D eigenvalue weighted by atomic mass is 9.98. The Hall–Kier alpha value is -3.34. The largest absolute Gasteiger partial charge is 0.492 e. The summed E-state index contributed by atoms with van der Waals surface area (Å²) in [5.74, 6) is -1.18. The molecule has 30 heavy (non-hydrogen) atoms. The molecule has 0 radical (unpaired) electrons. The van der Waals surface area contributed by atoms with Crippen LogP contribution in [0.4, 0.5) is 0 Å². The Balaban J connectivity index is 1.88. The minimum Gasteiger partial charge on any atom is -0.492 e. The van der Waals surface area contributed by atoms with Crippen molar-refractivity contribution in [2.24, 2.45) is 5.92 Å². The first-order valence-corrected chi connectivity index (χ1v) is 10.2. The van der Waals surface area contributed by atoms with E-state index in [0.29, 0.717) is 30.8 Å². The fraction of sp³-hybridized carbons (Fsp3) is 0.280. The van der Waals surface area contributed by atoms with E-state index in [9.17, 15) is 14.7 Å². The second-order valence-corrected chi connectivity index (χ2v) is 7.42. The molecule has 3 rings (SSSR count). The highest BCUT2D eigenvalue weighted by Crippen LogP contribution is 2.30. The van der Waals surface area contributed by atoms with Crippen molar-refractivity contribution in [3.05, 3.63) is 77.9 Å². The SMILES string of the molecule is CC[C@H](C)[C@H](NC(=O)c1ccc2ccccc2c1OCCc1ccccc1)C(=O)O. The Kier molecular flexibility index (Phi) is 7.07. The summed E-state index contributed by atoms with van der Waals surface area (Å²) in [6, 6.07) is 20.3. The number of rotatable bonds is 9. The molecular weight excluding hydrogens is 378 g/mol. The molecule has 0 aliphatic rings. The average Bonchev–Trinajstić information content (AvgIpc) is 2.77. The van der Waals surface area contributed by atoms with Crippen LogP contribution in [-0.4, -0.2) is 29.6 Å². The number of carbonyl (C=O) groups excluding carboxylic acids is 1. The number of nitrogens with one attached hydrogen (secondary N) is 1. The summed E-state index contributed by atoms with van der Waals surface area (Å²) in [4.78, 5) is 24.7. The molecule has 0 saturated heterocycles. The minimum atomic E-state index is -1.04. The number of benzene rings is 3. The van der Waals surface area contributed by atoms with Gasteiger partial charge in [-0.1, -0.05) is 80.9 Å². The molecule has 0 spiro atoms. The van der Waals surface area contributed by atoms with Crippen LogP contribution in [0.2, 0.25) is 0 Å². The molecule has 5 nitrogen and oxygen atoms in total. The van der Waals surface area contributed by atoms with Crippen LogP contribution in [-0.2, 0) is 11.2 Å². The molecule has 0 saturated carbocycles. The van der Waals surface area contributed by atoms with Gasteiger partial charge in [-0.2, -0.15) is 0 Å². The highest BCUT2D eigenvalue weighted by molar-refractivity contribution is 6.04. The van der Waals surface area contributed by atoms with Gasteiger partial charge in [0.2, 0.25) is 0 Å². The predicted octanol–water partition coefficient (Wildman–Crippen LogP) is 4.69. The first-order valence-electron chi connectivity index (χ1n) is 10.2. The number of carbonyl (C=O) groups is 2. The number of carboxylic acid groups (broad SMARTS) is 1. The molecule has 2 atom stereocenters. The first kappa shape index (κ1) is 21.4. The molecule has 0 bridgehead atoms. The van der Waals surface area contributed by atoms with E-state index in [1.54, 1.807) is 6.07 Å². The van der Waals surface area contributed by atoms with E-state index in [-0.39, 0.29) is 5.92 Å². The van der Waals surface area contributed by atoms with Crippen molar-refractivity contribution in [1.82, 2.24) is 5.32 Å². The van der Waals surface area contributed by atoms with Crippen LogP contribution in [0, 0.1) is 5.92 Å². The maximum Gasteiger partial charge on any atom is 0.326 e. The van der Waals surface area contributed by atoms with Crippen LogP contribution >= 0.6 is 0 Å². The van der Waals surface area contributed by atoms with Gasteiger partial charge in [-0.3, -0.25) is 4.79 Å². The number of aliphatic carboxylic acids is 1. The second-order valence-electron chi connectivity index (χ2n) is 7.42. The molecule has 0 aromatic heterocycles. The van der Waals surface area contributed by atoms with Crippen molar-refractivity contribution in [3.8, 4) is 5.75 Å². The van der Waals surface area contributed by atoms with Gasteiger partial charge in [0.15, 0.2) is 0 Å². The van der Waals surface area contributed by atoms with E-state index >= 15 is 0 Å². The Morgan fingerprint density at radius 2 is 1.70 bits per heavy atom. The fourth-order valence-electron chi connectivity index (χ4n) is 3.40. The lowest BCUT2D eigenvalue weighted by Gasteiger charge is -2.21. The number of hydrogen-bond donors (Lipinski definition) is 2. The third kappa shape index (κ3) is 4.98. The van der Waals surface area contributed by atoms with Gasteiger partial charge in [0.05, 0.1) is 12.2 Å². The number of carboxylic acids is 1. The summed E-state index contributed by atoms with van der Waals surface area (Å²) in [7, 11) is 0. The topological polar surface area (TPSA) is 75.6 Å². The maximum atomic E-state index is 13.0. The summed E-state index contributed by atoms with van der Waals surface area (Å²) < 4.78 is 6.10. The number of ether oxygens (including phenoxy) is 1. The van der Waals surface area contributed by atoms with Crippen molar-refractivity contribution in [2.75, 3.05) is 6.61 Å². The van der Waals surface area contributed by atoms with E-state index in [4.69, 9.17) is 4.74 Å². The normalized spacial score (nSPS) is 12.9. The monoisotopic (exact) mass is 405 g/mol. The lowest BCUT2D eigenvalue weighted by Crippen LogP contribution is -2.45. The van der Waals surface area contributed by atoms with Crippen LogP contribution in [0.1, 0.15) is 36.2 Å². The Morgan fingerprint density at radius 1 is 1.00 bits per heavy atom. The highest BCUT2D eigenvalue weighted by Gasteiger charge is 2.27. The Labute approximate surface area is 176 Å². The number of hydrogen-bond acceptors (Lipinski definition) is 3. The first-order chi connectivity index (χ1) is 14.5. The van der Waals surface area contributed by atoms with E-state index < -0.39 is 17.9 Å². The Morgan fingerprint density at radius 3 is 2.40 bits per heavy atom. The van der Waals surface area contributed by atoms with Gasteiger partial charge in [-0.15, -0.1) is 0 Å². The summed E-state index contributed by atoms with van der Waals surface area (Å²) in [6.45, 7) is 4.13. The zero-order valence-electron chi connectivity index (χ0n) is 17.3. The molecule has 0 fully saturated rings. The quantitative estimate of drug-likeness (QED) is 0.541. The average molecular weight is 405 g/mol. The third-order valence-corrected chi connectivity index (χ3v) is 5.37. The van der Waals surface area contributed by atoms with Crippen LogP contribution in [0.15, 0.2) is 66.7 Å². The lowest BCUT2D eigenvalue weighted by molar-refractivity contribution is -0.140. The fourth-order valence-corrected chi connectivity index (χ4v) is 3.40. The van der Waals surface area contributed by atoms with Gasteiger partial charge >= 0.3 is 5.97 Å². The molecular formula is C25H27NO4. The zero-order chi connectivity index (χ0) is 21.5. The predicted molar refractivity (Wildman–Crippen MR) is 118 cm³/mol. The van der Waals surface area contributed by atoms with Crippen molar-refractivity contribution in [1.29, 1.82) is 0 Å². The standard InChI is InChI=1S/C25H27NO4/c1-3-17(2)22(25(28)29)26-24(27)21-14-13-19-11-7-8-12-20(19)23(21)30-16-15-18-9-5-4-6-10-18/h4-14,17,22H,3,15-16H2,1-2H3,(H,26,27)(H,28,29)/t17-,22-/m0/s1. The van der Waals surface area contributed by atoms with Crippen molar-refractivity contribution in [2.45, 2.75) is 32.7 Å². The molecule has 1 amide bonds. The highest BCUT2D eigenvalue weighted by atomic mass is 16.5. The van der Waals surface area contributed by atoms with Gasteiger partial charge < -0.3 is 15.2 Å². The Bertz CT molecular complexity index is 1020. The van der Waals surface area contributed by atoms with E-state index in [0.717, 1.165) is 16.3 Å². The van der Waals surface area contributed by atoms with E-state index in [1.807, 2.05) is 74.5 Å². The zero-order valence-corrected chi connectivity index (χ0v) is 17.3. The summed E-state index contributed by atoms with van der Waals surface area (Å²) in [5.41, 5.74) is 1.49. The molecule has 3 aromatic rings. The van der Waals surface area contributed by atoms with Gasteiger partial charge in [-0.05, 0) is 22.9 Å². The molecule has 0 heterocycles. The number of amides is 1. The van der Waals surface area contributed by atoms with Crippen molar-refractivity contribution >= 4 is 22.6 Å².